The van der Waals surface area contributed by atoms with E-state index in [1.807, 2.05) is 18.5 Å². The fourth-order valence-electron chi connectivity index (χ4n) is 3.16. The zero-order valence-electron chi connectivity index (χ0n) is 13.0. The number of nitrogens with one attached hydrogen (secondary N) is 1. The molecule has 0 fully saturated rings. The maximum atomic E-state index is 13.3. The molecule has 0 radical (unpaired) electrons. The van der Waals surface area contributed by atoms with E-state index in [0.29, 0.717) is 5.69 Å². The summed E-state index contributed by atoms with van der Waals surface area (Å²) in [6, 6.07) is 6.37. The van der Waals surface area contributed by atoms with Crippen molar-refractivity contribution in [1.29, 1.82) is 0 Å². The molecular weight excluding hydrogens is 279 g/mol. The van der Waals surface area contributed by atoms with Crippen molar-refractivity contribution in [3.05, 3.63) is 47.4 Å². The highest BCUT2D eigenvalue weighted by atomic mass is 19.1. The lowest BCUT2D eigenvalue weighted by Crippen LogP contribution is -2.35. The third kappa shape index (κ3) is 2.78. The molecule has 1 heterocycles. The zero-order chi connectivity index (χ0) is 15.7. The number of aromatic nitrogens is 1. The Morgan fingerprint density at radius 2 is 2.14 bits per heavy atom. The highest BCUT2D eigenvalue weighted by Crippen LogP contribution is 2.22. The number of carbonyl (C=O) groups excluding carboxylic acids is 1. The van der Waals surface area contributed by atoms with E-state index in [1.54, 1.807) is 12.1 Å². The Morgan fingerprint density at radius 3 is 2.86 bits per heavy atom. The van der Waals surface area contributed by atoms with E-state index in [9.17, 15) is 9.18 Å². The van der Waals surface area contributed by atoms with Gasteiger partial charge in [-0.2, -0.15) is 0 Å². The molecule has 1 amide bonds. The number of hydrogen-bond donors (Lipinski definition) is 1. The van der Waals surface area contributed by atoms with Gasteiger partial charge in [0.2, 0.25) is 0 Å². The van der Waals surface area contributed by atoms with Gasteiger partial charge < -0.3 is 9.88 Å². The molecule has 0 spiro atoms. The molecule has 2 aromatic rings. The normalized spacial score (nSPS) is 16.4. The van der Waals surface area contributed by atoms with Crippen LogP contribution in [0.3, 0.4) is 0 Å². The van der Waals surface area contributed by atoms with Crippen LogP contribution in [-0.2, 0) is 7.05 Å². The van der Waals surface area contributed by atoms with Crippen molar-refractivity contribution in [3.8, 4) is 0 Å². The number of allylic oxidation sites excluding steroid dienone is 1. The summed E-state index contributed by atoms with van der Waals surface area (Å²) in [7, 11) is 1.83. The third-order valence-corrected chi connectivity index (χ3v) is 4.47. The fourth-order valence-corrected chi connectivity index (χ4v) is 3.16. The number of amides is 1. The summed E-state index contributed by atoms with van der Waals surface area (Å²) in [4.78, 5) is 12.5. The van der Waals surface area contributed by atoms with Gasteiger partial charge in [0.15, 0.2) is 0 Å². The Balaban J connectivity index is 1.83. The third-order valence-electron chi connectivity index (χ3n) is 4.47. The summed E-state index contributed by atoms with van der Waals surface area (Å²) in [5.74, 6) is -0.399. The fraction of sp³-hybridized carbons (Fsp3) is 0.389. The maximum absolute atomic E-state index is 13.3. The predicted molar refractivity (Wildman–Crippen MR) is 86.4 cm³/mol. The van der Waals surface area contributed by atoms with Crippen molar-refractivity contribution in [3.63, 3.8) is 0 Å². The van der Waals surface area contributed by atoms with Gasteiger partial charge in [0.25, 0.3) is 5.91 Å². The second-order valence-corrected chi connectivity index (χ2v) is 6.01. The molecule has 0 aliphatic heterocycles. The van der Waals surface area contributed by atoms with Crippen LogP contribution in [-0.4, -0.2) is 16.5 Å². The maximum Gasteiger partial charge on any atom is 0.268 e. The van der Waals surface area contributed by atoms with Crippen molar-refractivity contribution < 1.29 is 9.18 Å². The molecule has 116 valence electrons. The van der Waals surface area contributed by atoms with E-state index < -0.39 is 0 Å². The SMILES string of the molecule is C[C@H](NC(=O)c1cc2cc(F)ccc2n1C)C1=CCCCC1. The van der Waals surface area contributed by atoms with Crippen LogP contribution in [0, 0.1) is 5.82 Å². The Labute approximate surface area is 129 Å². The summed E-state index contributed by atoms with van der Waals surface area (Å²) in [5.41, 5.74) is 2.73. The minimum atomic E-state index is -0.286. The first-order chi connectivity index (χ1) is 10.6. The predicted octanol–water partition coefficient (Wildman–Crippen LogP) is 3.94. The van der Waals surface area contributed by atoms with Crippen LogP contribution in [0.4, 0.5) is 4.39 Å². The molecule has 1 aromatic heterocycles. The largest absolute Gasteiger partial charge is 0.345 e. The lowest BCUT2D eigenvalue weighted by Gasteiger charge is -2.21. The Bertz CT molecular complexity index is 745. The van der Waals surface area contributed by atoms with Crippen LogP contribution < -0.4 is 5.32 Å². The van der Waals surface area contributed by atoms with Gasteiger partial charge in [-0.1, -0.05) is 11.6 Å². The number of rotatable bonds is 3. The number of fused-ring (bicyclic) bond motifs is 1. The molecule has 3 nitrogen and oxygen atoms in total. The van der Waals surface area contributed by atoms with Gasteiger partial charge in [0.1, 0.15) is 11.5 Å². The number of carbonyl (C=O) groups is 1. The van der Waals surface area contributed by atoms with E-state index in [0.717, 1.165) is 23.7 Å². The average Bonchev–Trinajstić information content (AvgIpc) is 2.84. The molecule has 1 N–H and O–H groups in total. The molecule has 3 rings (SSSR count). The van der Waals surface area contributed by atoms with Crippen LogP contribution in [0.1, 0.15) is 43.1 Å². The highest BCUT2D eigenvalue weighted by Gasteiger charge is 2.18. The van der Waals surface area contributed by atoms with E-state index in [2.05, 4.69) is 11.4 Å². The summed E-state index contributed by atoms with van der Waals surface area (Å²) in [5, 5.41) is 3.81. The lowest BCUT2D eigenvalue weighted by molar-refractivity contribution is 0.0937. The molecule has 22 heavy (non-hydrogen) atoms. The van der Waals surface area contributed by atoms with Gasteiger partial charge in [0, 0.05) is 24.0 Å². The first-order valence-corrected chi connectivity index (χ1v) is 7.81. The second-order valence-electron chi connectivity index (χ2n) is 6.01. The van der Waals surface area contributed by atoms with E-state index in [-0.39, 0.29) is 17.8 Å². The lowest BCUT2D eigenvalue weighted by atomic mass is 9.95. The Kier molecular flexibility index (Phi) is 4.01. The number of hydrogen-bond acceptors (Lipinski definition) is 1. The summed E-state index contributed by atoms with van der Waals surface area (Å²) in [6.07, 6.45) is 6.83. The second kappa shape index (κ2) is 5.95. The van der Waals surface area contributed by atoms with Crippen LogP contribution >= 0.6 is 0 Å². The van der Waals surface area contributed by atoms with Crippen molar-refractivity contribution in [2.75, 3.05) is 0 Å². The monoisotopic (exact) mass is 300 g/mol. The van der Waals surface area contributed by atoms with Gasteiger partial charge in [-0.05, 0) is 56.9 Å². The van der Waals surface area contributed by atoms with Crippen molar-refractivity contribution >= 4 is 16.8 Å². The minimum Gasteiger partial charge on any atom is -0.345 e. The van der Waals surface area contributed by atoms with Crippen LogP contribution in [0.5, 0.6) is 0 Å². The molecule has 1 aliphatic carbocycles. The molecule has 0 bridgehead atoms. The van der Waals surface area contributed by atoms with E-state index >= 15 is 0 Å². The first-order valence-electron chi connectivity index (χ1n) is 7.81. The zero-order valence-corrected chi connectivity index (χ0v) is 13.0. The standard InChI is InChI=1S/C18H21FN2O/c1-12(13-6-4-3-5-7-13)20-18(22)17-11-14-10-15(19)8-9-16(14)21(17)2/h6,8-12H,3-5,7H2,1-2H3,(H,20,22)/t12-/m0/s1. The minimum absolute atomic E-state index is 0.0440. The number of aryl methyl sites for hydroxylation is 1. The van der Waals surface area contributed by atoms with Crippen LogP contribution in [0.15, 0.2) is 35.9 Å². The summed E-state index contributed by atoms with van der Waals surface area (Å²) < 4.78 is 15.1. The van der Waals surface area contributed by atoms with Gasteiger partial charge in [-0.3, -0.25) is 4.79 Å². The number of nitrogens with zero attached hydrogens (tertiary/aromatic N) is 1. The van der Waals surface area contributed by atoms with E-state index in [4.69, 9.17) is 0 Å². The molecule has 1 atom stereocenters. The van der Waals surface area contributed by atoms with Gasteiger partial charge >= 0.3 is 0 Å². The Morgan fingerprint density at radius 1 is 1.32 bits per heavy atom. The topological polar surface area (TPSA) is 34.0 Å². The smallest absolute Gasteiger partial charge is 0.268 e. The first kappa shape index (κ1) is 14.8. The summed E-state index contributed by atoms with van der Waals surface area (Å²) >= 11 is 0. The number of halogens is 1. The summed E-state index contributed by atoms with van der Waals surface area (Å²) in [6.45, 7) is 2.03. The van der Waals surface area contributed by atoms with Gasteiger partial charge in [-0.25, -0.2) is 4.39 Å². The molecule has 0 unspecified atom stereocenters. The highest BCUT2D eigenvalue weighted by molar-refractivity contribution is 5.99. The molecule has 0 saturated heterocycles. The molecule has 1 aromatic carbocycles. The van der Waals surface area contributed by atoms with E-state index in [1.165, 1.54) is 30.5 Å². The molecule has 4 heteroatoms. The molecule has 1 aliphatic rings. The Hall–Kier alpha value is -2.10. The van der Waals surface area contributed by atoms with Crippen LogP contribution in [0.2, 0.25) is 0 Å². The van der Waals surface area contributed by atoms with Crippen molar-refractivity contribution in [1.82, 2.24) is 9.88 Å². The van der Waals surface area contributed by atoms with Crippen molar-refractivity contribution in [2.24, 2.45) is 7.05 Å². The van der Waals surface area contributed by atoms with Crippen LogP contribution in [0.25, 0.3) is 10.9 Å². The molecular formula is C18H21FN2O. The molecule has 0 saturated carbocycles. The van der Waals surface area contributed by atoms with Crippen molar-refractivity contribution in [2.45, 2.75) is 38.6 Å². The number of benzene rings is 1. The van der Waals surface area contributed by atoms with Gasteiger partial charge in [0.05, 0.1) is 0 Å². The average molecular weight is 300 g/mol. The van der Waals surface area contributed by atoms with Gasteiger partial charge in [-0.15, -0.1) is 0 Å². The quantitative estimate of drug-likeness (QED) is 0.856.